The summed E-state index contributed by atoms with van der Waals surface area (Å²) >= 11 is 6.33. The number of nitrogens with zero attached hydrogens (tertiary/aromatic N) is 1. The van der Waals surface area contributed by atoms with Crippen molar-refractivity contribution in [2.24, 2.45) is 5.92 Å². The molecule has 3 heteroatoms. The molecule has 1 aliphatic heterocycles. The number of rotatable bonds is 2. The van der Waals surface area contributed by atoms with Gasteiger partial charge in [-0.2, -0.15) is 0 Å². The Kier molecular flexibility index (Phi) is 3.29. The van der Waals surface area contributed by atoms with E-state index in [4.69, 9.17) is 11.6 Å². The van der Waals surface area contributed by atoms with Gasteiger partial charge in [0, 0.05) is 18.2 Å². The van der Waals surface area contributed by atoms with Crippen LogP contribution in [0.25, 0.3) is 0 Å². The minimum atomic E-state index is 0.656. The van der Waals surface area contributed by atoms with Crippen molar-refractivity contribution < 1.29 is 4.79 Å². The summed E-state index contributed by atoms with van der Waals surface area (Å²) in [6.45, 7) is 1.10. The summed E-state index contributed by atoms with van der Waals surface area (Å²) in [5.41, 5.74) is 1.77. The monoisotopic (exact) mass is 263 g/mol. The van der Waals surface area contributed by atoms with E-state index in [0.29, 0.717) is 16.6 Å². The SMILES string of the molecule is O=Cc1ccc(N2CCCC3CCCC32)c(Cl)c1. The third-order valence-electron chi connectivity index (χ3n) is 4.41. The molecule has 2 fully saturated rings. The second-order valence-corrected chi connectivity index (χ2v) is 5.83. The highest BCUT2D eigenvalue weighted by molar-refractivity contribution is 6.33. The zero-order chi connectivity index (χ0) is 12.5. The maximum absolute atomic E-state index is 10.8. The van der Waals surface area contributed by atoms with Crippen molar-refractivity contribution in [2.45, 2.75) is 38.1 Å². The Morgan fingerprint density at radius 3 is 2.83 bits per heavy atom. The van der Waals surface area contributed by atoms with Crippen molar-refractivity contribution in [3.8, 4) is 0 Å². The molecule has 2 nitrogen and oxygen atoms in total. The molecule has 0 radical (unpaired) electrons. The Bertz CT molecular complexity index is 460. The van der Waals surface area contributed by atoms with E-state index in [9.17, 15) is 4.79 Å². The fourth-order valence-electron chi connectivity index (χ4n) is 3.58. The fraction of sp³-hybridized carbons (Fsp3) is 0.533. The molecule has 2 atom stereocenters. The molecular formula is C15H18ClNO. The lowest BCUT2D eigenvalue weighted by Gasteiger charge is -2.40. The molecule has 96 valence electrons. The van der Waals surface area contributed by atoms with Crippen molar-refractivity contribution in [3.63, 3.8) is 0 Å². The number of anilines is 1. The van der Waals surface area contributed by atoms with E-state index in [1.807, 2.05) is 12.1 Å². The lowest BCUT2D eigenvalue weighted by molar-refractivity contribution is 0.112. The molecule has 1 saturated heterocycles. The molecule has 2 unspecified atom stereocenters. The third-order valence-corrected chi connectivity index (χ3v) is 4.71. The highest BCUT2D eigenvalue weighted by Crippen LogP contribution is 2.41. The number of carbonyl (C=O) groups is 1. The van der Waals surface area contributed by atoms with Gasteiger partial charge in [-0.05, 0) is 49.8 Å². The number of hydrogen-bond acceptors (Lipinski definition) is 2. The summed E-state index contributed by atoms with van der Waals surface area (Å²) in [5, 5.41) is 0.715. The maximum atomic E-state index is 10.8. The molecule has 0 aromatic heterocycles. The minimum absolute atomic E-state index is 0.656. The molecule has 1 aromatic rings. The second kappa shape index (κ2) is 4.93. The van der Waals surface area contributed by atoms with E-state index in [1.165, 1.54) is 32.1 Å². The third kappa shape index (κ3) is 2.03. The van der Waals surface area contributed by atoms with Crippen LogP contribution in [0.1, 0.15) is 42.5 Å². The number of piperidine rings is 1. The van der Waals surface area contributed by atoms with E-state index in [-0.39, 0.29) is 0 Å². The van der Waals surface area contributed by atoms with Gasteiger partial charge in [-0.3, -0.25) is 4.79 Å². The summed E-state index contributed by atoms with van der Waals surface area (Å²) in [6.07, 6.45) is 7.47. The Morgan fingerprint density at radius 1 is 1.22 bits per heavy atom. The quantitative estimate of drug-likeness (QED) is 0.754. The van der Waals surface area contributed by atoms with Gasteiger partial charge in [0.05, 0.1) is 10.7 Å². The molecule has 1 saturated carbocycles. The topological polar surface area (TPSA) is 20.3 Å². The maximum Gasteiger partial charge on any atom is 0.150 e. The van der Waals surface area contributed by atoms with Gasteiger partial charge in [0.15, 0.2) is 0 Å². The van der Waals surface area contributed by atoms with E-state index in [1.54, 1.807) is 6.07 Å². The summed E-state index contributed by atoms with van der Waals surface area (Å²) in [7, 11) is 0. The van der Waals surface area contributed by atoms with E-state index in [0.717, 1.165) is 24.4 Å². The lowest BCUT2D eigenvalue weighted by atomic mass is 9.91. The molecule has 2 aliphatic rings. The summed E-state index contributed by atoms with van der Waals surface area (Å²) in [4.78, 5) is 13.2. The Morgan fingerprint density at radius 2 is 2.06 bits per heavy atom. The van der Waals surface area contributed by atoms with E-state index in [2.05, 4.69) is 4.90 Å². The highest BCUT2D eigenvalue weighted by atomic mass is 35.5. The van der Waals surface area contributed by atoms with Gasteiger partial charge in [0.25, 0.3) is 0 Å². The first-order valence-corrected chi connectivity index (χ1v) is 7.19. The van der Waals surface area contributed by atoms with Crippen molar-refractivity contribution in [2.75, 3.05) is 11.4 Å². The van der Waals surface area contributed by atoms with Crippen LogP contribution in [0.4, 0.5) is 5.69 Å². The van der Waals surface area contributed by atoms with Crippen LogP contribution in [0.5, 0.6) is 0 Å². The van der Waals surface area contributed by atoms with Gasteiger partial charge in [-0.25, -0.2) is 0 Å². The van der Waals surface area contributed by atoms with Gasteiger partial charge < -0.3 is 4.90 Å². The molecule has 0 spiro atoms. The molecule has 3 rings (SSSR count). The first-order chi connectivity index (χ1) is 8.79. The van der Waals surface area contributed by atoms with Gasteiger partial charge in [0.1, 0.15) is 6.29 Å². The van der Waals surface area contributed by atoms with Crippen LogP contribution < -0.4 is 4.90 Å². The molecule has 1 heterocycles. The lowest BCUT2D eigenvalue weighted by Crippen LogP contribution is -2.42. The Labute approximate surface area is 113 Å². The van der Waals surface area contributed by atoms with Crippen LogP contribution in [0.3, 0.4) is 0 Å². The fourth-order valence-corrected chi connectivity index (χ4v) is 3.88. The Hall–Kier alpha value is -1.02. The number of hydrogen-bond donors (Lipinski definition) is 0. The van der Waals surface area contributed by atoms with Crippen LogP contribution in [0.15, 0.2) is 18.2 Å². The molecule has 1 aliphatic carbocycles. The zero-order valence-corrected chi connectivity index (χ0v) is 11.2. The van der Waals surface area contributed by atoms with E-state index >= 15 is 0 Å². The average molecular weight is 264 g/mol. The number of benzene rings is 1. The number of fused-ring (bicyclic) bond motifs is 1. The van der Waals surface area contributed by atoms with Gasteiger partial charge >= 0.3 is 0 Å². The van der Waals surface area contributed by atoms with Crippen LogP contribution in [0.2, 0.25) is 5.02 Å². The summed E-state index contributed by atoms with van der Waals surface area (Å²) < 4.78 is 0. The predicted octanol–water partition coefficient (Wildman–Crippen LogP) is 3.92. The van der Waals surface area contributed by atoms with Crippen LogP contribution in [-0.4, -0.2) is 18.9 Å². The second-order valence-electron chi connectivity index (χ2n) is 5.42. The molecular weight excluding hydrogens is 246 g/mol. The first-order valence-electron chi connectivity index (χ1n) is 6.81. The van der Waals surface area contributed by atoms with Gasteiger partial charge in [0.2, 0.25) is 0 Å². The predicted molar refractivity (Wildman–Crippen MR) is 74.5 cm³/mol. The zero-order valence-electron chi connectivity index (χ0n) is 10.4. The molecule has 0 amide bonds. The normalized spacial score (nSPS) is 27.1. The smallest absolute Gasteiger partial charge is 0.150 e. The minimum Gasteiger partial charge on any atom is -0.367 e. The van der Waals surface area contributed by atoms with Crippen LogP contribution in [0, 0.1) is 5.92 Å². The van der Waals surface area contributed by atoms with Crippen molar-refractivity contribution >= 4 is 23.6 Å². The molecule has 18 heavy (non-hydrogen) atoms. The highest BCUT2D eigenvalue weighted by Gasteiger charge is 2.35. The van der Waals surface area contributed by atoms with Crippen molar-refractivity contribution in [3.05, 3.63) is 28.8 Å². The van der Waals surface area contributed by atoms with Crippen LogP contribution in [-0.2, 0) is 0 Å². The van der Waals surface area contributed by atoms with Crippen molar-refractivity contribution in [1.29, 1.82) is 0 Å². The number of halogens is 1. The van der Waals surface area contributed by atoms with E-state index < -0.39 is 0 Å². The molecule has 0 bridgehead atoms. The van der Waals surface area contributed by atoms with Crippen molar-refractivity contribution in [1.82, 2.24) is 0 Å². The van der Waals surface area contributed by atoms with Gasteiger partial charge in [-0.1, -0.05) is 18.0 Å². The molecule has 1 aromatic carbocycles. The summed E-state index contributed by atoms with van der Waals surface area (Å²) in [5.74, 6) is 0.848. The average Bonchev–Trinajstić information content (AvgIpc) is 2.87. The number of carbonyl (C=O) groups excluding carboxylic acids is 1. The largest absolute Gasteiger partial charge is 0.367 e. The first kappa shape index (κ1) is 12.0. The summed E-state index contributed by atoms with van der Waals surface area (Å²) in [6, 6.07) is 6.32. The number of aldehydes is 1. The van der Waals surface area contributed by atoms with Crippen LogP contribution >= 0.6 is 11.6 Å². The standard InChI is InChI=1S/C15H18ClNO/c16-13-9-11(10-18)6-7-15(13)17-8-2-4-12-3-1-5-14(12)17/h6-7,9-10,12,14H,1-5,8H2. The Balaban J connectivity index is 1.91. The molecule has 0 N–H and O–H groups in total. The van der Waals surface area contributed by atoms with Gasteiger partial charge in [-0.15, -0.1) is 0 Å².